The van der Waals surface area contributed by atoms with Crippen LogP contribution >= 0.6 is 0 Å². The molecule has 7 heteroatoms. The van der Waals surface area contributed by atoms with Gasteiger partial charge in [0.1, 0.15) is 12.2 Å². The lowest BCUT2D eigenvalue weighted by Crippen LogP contribution is -2.50. The van der Waals surface area contributed by atoms with Gasteiger partial charge in [0, 0.05) is 13.1 Å². The molecule has 108 valence electrons. The van der Waals surface area contributed by atoms with Gasteiger partial charge in [-0.1, -0.05) is 0 Å². The lowest BCUT2D eigenvalue weighted by molar-refractivity contribution is -0.217. The lowest BCUT2D eigenvalue weighted by Gasteiger charge is -2.30. The van der Waals surface area contributed by atoms with Gasteiger partial charge in [-0.05, 0) is 13.8 Å². The van der Waals surface area contributed by atoms with Crippen LogP contribution in [0.3, 0.4) is 0 Å². The van der Waals surface area contributed by atoms with E-state index in [1.54, 1.807) is 18.7 Å². The monoisotopic (exact) mass is 273 g/mol. The van der Waals surface area contributed by atoms with Gasteiger partial charge in [-0.3, -0.25) is 4.79 Å². The summed E-state index contributed by atoms with van der Waals surface area (Å²) in [4.78, 5) is 13.9. The van der Waals surface area contributed by atoms with Crippen molar-refractivity contribution in [3.63, 3.8) is 0 Å². The molecule has 0 spiro atoms. The Bertz CT molecular complexity index is 367. The van der Waals surface area contributed by atoms with Crippen molar-refractivity contribution in [1.82, 2.24) is 4.90 Å². The summed E-state index contributed by atoms with van der Waals surface area (Å²) in [5.74, 6) is -1.02. The van der Waals surface area contributed by atoms with Crippen molar-refractivity contribution in [1.29, 1.82) is 0 Å². The summed E-state index contributed by atoms with van der Waals surface area (Å²) in [6.45, 7) is 5.57. The summed E-state index contributed by atoms with van der Waals surface area (Å²) in [7, 11) is 0. The SMILES string of the molecule is CC1(C)OC2C(O)[C@H](C(=O)N3CCOCC3)O[C@H]2O1. The number of fused-ring (bicyclic) bond motifs is 1. The summed E-state index contributed by atoms with van der Waals surface area (Å²) in [6, 6.07) is 0. The molecule has 3 fully saturated rings. The lowest BCUT2D eigenvalue weighted by atomic mass is 10.1. The van der Waals surface area contributed by atoms with E-state index in [1.807, 2.05) is 0 Å². The maximum absolute atomic E-state index is 12.3. The Balaban J connectivity index is 1.66. The first kappa shape index (κ1) is 13.3. The molecule has 7 nitrogen and oxygen atoms in total. The van der Waals surface area contributed by atoms with Crippen LogP contribution in [-0.2, 0) is 23.7 Å². The molecule has 3 aliphatic rings. The second kappa shape index (κ2) is 4.68. The quantitative estimate of drug-likeness (QED) is 0.666. The van der Waals surface area contributed by atoms with E-state index >= 15 is 0 Å². The van der Waals surface area contributed by atoms with Crippen LogP contribution in [0.4, 0.5) is 0 Å². The number of ether oxygens (including phenoxy) is 4. The van der Waals surface area contributed by atoms with Crippen molar-refractivity contribution in [3.8, 4) is 0 Å². The first-order chi connectivity index (χ1) is 8.98. The molecule has 4 atom stereocenters. The fourth-order valence-electron chi connectivity index (χ4n) is 2.66. The number of carbonyl (C=O) groups excluding carboxylic acids is 1. The Kier molecular flexibility index (Phi) is 3.26. The minimum Gasteiger partial charge on any atom is -0.387 e. The molecule has 19 heavy (non-hydrogen) atoms. The number of aliphatic hydroxyl groups is 1. The summed E-state index contributed by atoms with van der Waals surface area (Å²) in [5.41, 5.74) is 0. The summed E-state index contributed by atoms with van der Waals surface area (Å²) >= 11 is 0. The largest absolute Gasteiger partial charge is 0.387 e. The maximum Gasteiger partial charge on any atom is 0.254 e. The number of morpholine rings is 1. The van der Waals surface area contributed by atoms with Crippen LogP contribution in [0.25, 0.3) is 0 Å². The van der Waals surface area contributed by atoms with Crippen molar-refractivity contribution < 1.29 is 28.8 Å². The van der Waals surface area contributed by atoms with Crippen LogP contribution in [0, 0.1) is 0 Å². The number of aliphatic hydroxyl groups excluding tert-OH is 1. The smallest absolute Gasteiger partial charge is 0.254 e. The van der Waals surface area contributed by atoms with Gasteiger partial charge in [-0.25, -0.2) is 0 Å². The molecular weight excluding hydrogens is 254 g/mol. The van der Waals surface area contributed by atoms with Gasteiger partial charge in [-0.2, -0.15) is 0 Å². The molecule has 3 saturated heterocycles. The van der Waals surface area contributed by atoms with E-state index < -0.39 is 30.4 Å². The average Bonchev–Trinajstić information content (AvgIpc) is 2.84. The third-order valence-electron chi connectivity index (χ3n) is 3.58. The fourth-order valence-corrected chi connectivity index (χ4v) is 2.66. The molecule has 0 aromatic heterocycles. The Morgan fingerprint density at radius 1 is 1.26 bits per heavy atom. The van der Waals surface area contributed by atoms with E-state index in [0.29, 0.717) is 26.3 Å². The van der Waals surface area contributed by atoms with Crippen LogP contribution in [0.5, 0.6) is 0 Å². The Morgan fingerprint density at radius 3 is 2.58 bits per heavy atom. The van der Waals surface area contributed by atoms with Crippen LogP contribution in [0.15, 0.2) is 0 Å². The van der Waals surface area contributed by atoms with E-state index in [2.05, 4.69) is 0 Å². The molecule has 1 N–H and O–H groups in total. The standard InChI is InChI=1S/C12H19NO6/c1-12(2)18-9-7(14)8(17-11(9)19-12)10(15)13-3-5-16-6-4-13/h7-9,11,14H,3-6H2,1-2H3/t7?,8-,9?,11+/m1/s1. The van der Waals surface area contributed by atoms with E-state index in [4.69, 9.17) is 18.9 Å². The molecule has 3 heterocycles. The molecule has 0 aliphatic carbocycles. The zero-order valence-corrected chi connectivity index (χ0v) is 11.1. The maximum atomic E-state index is 12.3. The van der Waals surface area contributed by atoms with Crippen molar-refractivity contribution in [2.45, 2.75) is 44.2 Å². The minimum absolute atomic E-state index is 0.227. The second-order valence-corrected chi connectivity index (χ2v) is 5.45. The van der Waals surface area contributed by atoms with Crippen molar-refractivity contribution in [2.24, 2.45) is 0 Å². The topological polar surface area (TPSA) is 77.5 Å². The second-order valence-electron chi connectivity index (χ2n) is 5.45. The number of hydrogen-bond acceptors (Lipinski definition) is 6. The number of hydrogen-bond donors (Lipinski definition) is 1. The summed E-state index contributed by atoms with van der Waals surface area (Å²) in [6.07, 6.45) is -3.20. The van der Waals surface area contributed by atoms with Crippen LogP contribution in [-0.4, -0.2) is 72.6 Å². The Hall–Kier alpha value is -0.730. The molecule has 1 amide bonds. The zero-order valence-electron chi connectivity index (χ0n) is 11.1. The average molecular weight is 273 g/mol. The van der Waals surface area contributed by atoms with Gasteiger partial charge in [0.15, 0.2) is 18.2 Å². The fraction of sp³-hybridized carbons (Fsp3) is 0.917. The molecular formula is C12H19NO6. The number of carbonyl (C=O) groups is 1. The highest BCUT2D eigenvalue weighted by molar-refractivity contribution is 5.82. The van der Waals surface area contributed by atoms with Crippen LogP contribution < -0.4 is 0 Å². The van der Waals surface area contributed by atoms with E-state index in [-0.39, 0.29) is 5.91 Å². The number of amides is 1. The molecule has 0 radical (unpaired) electrons. The predicted molar refractivity (Wildman–Crippen MR) is 62.1 cm³/mol. The van der Waals surface area contributed by atoms with Crippen LogP contribution in [0.2, 0.25) is 0 Å². The van der Waals surface area contributed by atoms with Gasteiger partial charge >= 0.3 is 0 Å². The first-order valence-electron chi connectivity index (χ1n) is 6.54. The van der Waals surface area contributed by atoms with E-state index in [9.17, 15) is 9.90 Å². The predicted octanol–water partition coefficient (Wildman–Crippen LogP) is -0.917. The Morgan fingerprint density at radius 2 is 1.95 bits per heavy atom. The first-order valence-corrected chi connectivity index (χ1v) is 6.54. The van der Waals surface area contributed by atoms with Gasteiger partial charge in [0.2, 0.25) is 0 Å². The van der Waals surface area contributed by atoms with Gasteiger partial charge in [0.25, 0.3) is 5.91 Å². The van der Waals surface area contributed by atoms with Gasteiger partial charge in [0.05, 0.1) is 13.2 Å². The number of nitrogens with zero attached hydrogens (tertiary/aromatic N) is 1. The van der Waals surface area contributed by atoms with E-state index in [1.165, 1.54) is 0 Å². The highest BCUT2D eigenvalue weighted by atomic mass is 16.8. The zero-order chi connectivity index (χ0) is 13.6. The molecule has 0 saturated carbocycles. The third-order valence-corrected chi connectivity index (χ3v) is 3.58. The normalized spacial score (nSPS) is 41.3. The molecule has 0 bridgehead atoms. The molecule has 2 unspecified atom stereocenters. The Labute approximate surface area is 111 Å². The van der Waals surface area contributed by atoms with Crippen molar-refractivity contribution in [2.75, 3.05) is 26.3 Å². The highest BCUT2D eigenvalue weighted by Crippen LogP contribution is 2.37. The highest BCUT2D eigenvalue weighted by Gasteiger charge is 2.56. The van der Waals surface area contributed by atoms with Crippen molar-refractivity contribution in [3.05, 3.63) is 0 Å². The molecule has 0 aromatic rings. The molecule has 3 rings (SSSR count). The molecule has 0 aromatic carbocycles. The van der Waals surface area contributed by atoms with Gasteiger partial charge < -0.3 is 29.0 Å². The number of rotatable bonds is 1. The van der Waals surface area contributed by atoms with Crippen LogP contribution in [0.1, 0.15) is 13.8 Å². The summed E-state index contributed by atoms with van der Waals surface area (Å²) < 4.78 is 21.8. The van der Waals surface area contributed by atoms with Crippen molar-refractivity contribution >= 4 is 5.91 Å². The third kappa shape index (κ3) is 2.36. The van der Waals surface area contributed by atoms with E-state index in [0.717, 1.165) is 0 Å². The van der Waals surface area contributed by atoms with Gasteiger partial charge in [-0.15, -0.1) is 0 Å². The minimum atomic E-state index is -0.998. The summed E-state index contributed by atoms with van der Waals surface area (Å²) in [5, 5.41) is 10.2. The molecule has 3 aliphatic heterocycles.